The Morgan fingerprint density at radius 1 is 0.812 bits per heavy atom. The van der Waals surface area contributed by atoms with Crippen molar-refractivity contribution in [3.8, 4) is 0 Å². The smallest absolute Gasteiger partial charge is 0.154 e. The Hall–Kier alpha value is -0.990. The van der Waals surface area contributed by atoms with Crippen molar-refractivity contribution in [2.45, 2.75) is 64.7 Å². The fraction of sp³-hybridized carbons (Fsp3) is 0.769. The van der Waals surface area contributed by atoms with Crippen LogP contribution in [-0.2, 0) is 0 Å². The van der Waals surface area contributed by atoms with Gasteiger partial charge in [0.25, 0.3) is 0 Å². The van der Waals surface area contributed by atoms with Crippen molar-refractivity contribution in [1.29, 1.82) is 0 Å². The van der Waals surface area contributed by atoms with E-state index in [2.05, 4.69) is 15.2 Å². The van der Waals surface area contributed by atoms with Gasteiger partial charge in [-0.2, -0.15) is 5.10 Å². The molecular formula is C13H21N3. The second-order valence-electron chi connectivity index (χ2n) is 4.88. The molecule has 1 aliphatic rings. The first-order valence-electron chi connectivity index (χ1n) is 6.45. The summed E-state index contributed by atoms with van der Waals surface area (Å²) >= 11 is 0. The molecule has 0 amide bonds. The molecule has 1 fully saturated rings. The summed E-state index contributed by atoms with van der Waals surface area (Å²) in [5.74, 6) is 1.53. The van der Waals surface area contributed by atoms with Crippen LogP contribution in [0.2, 0.25) is 0 Å². The van der Waals surface area contributed by atoms with E-state index in [-0.39, 0.29) is 0 Å². The van der Waals surface area contributed by atoms with Crippen LogP contribution in [0.3, 0.4) is 0 Å². The molecule has 1 aliphatic carbocycles. The standard InChI is InChI=1S/C13H21N3/c1-10-11(2)15-16-13(14-10)12-8-6-4-3-5-7-9-12/h12H,3-9H2,1-2H3. The van der Waals surface area contributed by atoms with Crippen LogP contribution in [0.1, 0.15) is 68.1 Å². The second kappa shape index (κ2) is 5.37. The Bertz CT molecular complexity index is 341. The van der Waals surface area contributed by atoms with E-state index in [1.807, 2.05) is 13.8 Å². The molecular weight excluding hydrogens is 198 g/mol. The third-order valence-corrected chi connectivity index (χ3v) is 3.58. The van der Waals surface area contributed by atoms with Gasteiger partial charge in [0.1, 0.15) is 0 Å². The van der Waals surface area contributed by atoms with E-state index in [9.17, 15) is 0 Å². The maximum Gasteiger partial charge on any atom is 0.154 e. The summed E-state index contributed by atoms with van der Waals surface area (Å²) in [7, 11) is 0. The molecule has 1 aromatic rings. The minimum Gasteiger partial charge on any atom is -0.234 e. The van der Waals surface area contributed by atoms with Crippen molar-refractivity contribution in [3.63, 3.8) is 0 Å². The van der Waals surface area contributed by atoms with E-state index >= 15 is 0 Å². The number of rotatable bonds is 1. The van der Waals surface area contributed by atoms with Crippen LogP contribution < -0.4 is 0 Å². The molecule has 2 rings (SSSR count). The first kappa shape index (κ1) is 11.5. The van der Waals surface area contributed by atoms with Gasteiger partial charge in [0.2, 0.25) is 0 Å². The first-order valence-corrected chi connectivity index (χ1v) is 6.45. The Balaban J connectivity index is 2.11. The molecule has 1 aromatic heterocycles. The maximum absolute atomic E-state index is 4.60. The Kier molecular flexibility index (Phi) is 3.86. The Labute approximate surface area is 97.7 Å². The topological polar surface area (TPSA) is 38.7 Å². The predicted octanol–water partition coefficient (Wildman–Crippen LogP) is 3.32. The van der Waals surface area contributed by atoms with Crippen LogP contribution in [-0.4, -0.2) is 15.2 Å². The summed E-state index contributed by atoms with van der Waals surface area (Å²) < 4.78 is 0. The Morgan fingerprint density at radius 2 is 1.44 bits per heavy atom. The molecule has 0 saturated heterocycles. The molecule has 0 N–H and O–H groups in total. The van der Waals surface area contributed by atoms with E-state index in [0.717, 1.165) is 17.2 Å². The molecule has 1 heterocycles. The van der Waals surface area contributed by atoms with Gasteiger partial charge < -0.3 is 0 Å². The lowest BCUT2D eigenvalue weighted by molar-refractivity contribution is 0.438. The Morgan fingerprint density at radius 3 is 2.06 bits per heavy atom. The van der Waals surface area contributed by atoms with Crippen molar-refractivity contribution in [3.05, 3.63) is 17.2 Å². The summed E-state index contributed by atoms with van der Waals surface area (Å²) in [6.07, 6.45) is 9.26. The van der Waals surface area contributed by atoms with Gasteiger partial charge in [0.15, 0.2) is 5.82 Å². The number of hydrogen-bond donors (Lipinski definition) is 0. The third kappa shape index (κ3) is 2.77. The fourth-order valence-corrected chi connectivity index (χ4v) is 2.36. The van der Waals surface area contributed by atoms with Gasteiger partial charge in [0.05, 0.1) is 11.4 Å². The average molecular weight is 219 g/mol. The lowest BCUT2D eigenvalue weighted by atomic mass is 9.90. The van der Waals surface area contributed by atoms with Crippen LogP contribution in [0.25, 0.3) is 0 Å². The van der Waals surface area contributed by atoms with Gasteiger partial charge in [-0.1, -0.05) is 32.1 Å². The number of aryl methyl sites for hydroxylation is 2. The summed E-state index contributed by atoms with van der Waals surface area (Å²) in [6, 6.07) is 0. The molecule has 0 aliphatic heterocycles. The summed E-state index contributed by atoms with van der Waals surface area (Å²) in [4.78, 5) is 4.60. The molecule has 0 unspecified atom stereocenters. The van der Waals surface area contributed by atoms with Crippen molar-refractivity contribution < 1.29 is 0 Å². The van der Waals surface area contributed by atoms with E-state index in [0.29, 0.717) is 5.92 Å². The second-order valence-corrected chi connectivity index (χ2v) is 4.88. The number of aromatic nitrogens is 3. The number of hydrogen-bond acceptors (Lipinski definition) is 3. The van der Waals surface area contributed by atoms with E-state index in [1.54, 1.807) is 0 Å². The molecule has 1 saturated carbocycles. The highest BCUT2D eigenvalue weighted by atomic mass is 15.2. The van der Waals surface area contributed by atoms with Gasteiger partial charge in [-0.05, 0) is 26.7 Å². The number of nitrogens with zero attached hydrogens (tertiary/aromatic N) is 3. The van der Waals surface area contributed by atoms with Crippen LogP contribution in [0.4, 0.5) is 0 Å². The molecule has 0 spiro atoms. The van der Waals surface area contributed by atoms with Crippen molar-refractivity contribution in [1.82, 2.24) is 15.2 Å². The summed E-state index contributed by atoms with van der Waals surface area (Å²) in [5.41, 5.74) is 1.99. The molecule has 3 heteroatoms. The zero-order chi connectivity index (χ0) is 11.4. The van der Waals surface area contributed by atoms with E-state index in [4.69, 9.17) is 0 Å². The average Bonchev–Trinajstić information content (AvgIpc) is 2.22. The molecule has 16 heavy (non-hydrogen) atoms. The zero-order valence-corrected chi connectivity index (χ0v) is 10.4. The lowest BCUT2D eigenvalue weighted by Crippen LogP contribution is -2.10. The van der Waals surface area contributed by atoms with Crippen molar-refractivity contribution in [2.75, 3.05) is 0 Å². The normalized spacial score (nSPS) is 19.1. The van der Waals surface area contributed by atoms with Gasteiger partial charge in [-0.3, -0.25) is 0 Å². The fourth-order valence-electron chi connectivity index (χ4n) is 2.36. The molecule has 88 valence electrons. The SMILES string of the molecule is Cc1nnc(C2CCCCCCC2)nc1C. The van der Waals surface area contributed by atoms with Crippen LogP contribution in [0, 0.1) is 13.8 Å². The van der Waals surface area contributed by atoms with Crippen molar-refractivity contribution in [2.24, 2.45) is 0 Å². The van der Waals surface area contributed by atoms with Crippen molar-refractivity contribution >= 4 is 0 Å². The van der Waals surface area contributed by atoms with Gasteiger partial charge >= 0.3 is 0 Å². The van der Waals surface area contributed by atoms with Crippen LogP contribution in [0.5, 0.6) is 0 Å². The monoisotopic (exact) mass is 219 g/mol. The van der Waals surface area contributed by atoms with Gasteiger partial charge in [-0.15, -0.1) is 5.10 Å². The predicted molar refractivity (Wildman–Crippen MR) is 64.4 cm³/mol. The quantitative estimate of drug-likeness (QED) is 0.727. The van der Waals surface area contributed by atoms with Gasteiger partial charge in [-0.25, -0.2) is 4.98 Å². The first-order chi connectivity index (χ1) is 7.77. The van der Waals surface area contributed by atoms with Gasteiger partial charge in [0, 0.05) is 5.92 Å². The van der Waals surface area contributed by atoms with Crippen LogP contribution in [0.15, 0.2) is 0 Å². The van der Waals surface area contributed by atoms with E-state index < -0.39 is 0 Å². The van der Waals surface area contributed by atoms with E-state index in [1.165, 1.54) is 44.9 Å². The summed E-state index contributed by atoms with van der Waals surface area (Å²) in [6.45, 7) is 3.99. The zero-order valence-electron chi connectivity index (χ0n) is 10.4. The molecule has 0 atom stereocenters. The molecule has 0 radical (unpaired) electrons. The van der Waals surface area contributed by atoms with Crippen LogP contribution >= 0.6 is 0 Å². The summed E-state index contributed by atoms with van der Waals surface area (Å²) in [5, 5.41) is 8.47. The molecule has 0 bridgehead atoms. The third-order valence-electron chi connectivity index (χ3n) is 3.58. The maximum atomic E-state index is 4.60. The highest BCUT2D eigenvalue weighted by Crippen LogP contribution is 2.28. The molecule has 3 nitrogen and oxygen atoms in total. The largest absolute Gasteiger partial charge is 0.234 e. The minimum absolute atomic E-state index is 0.548. The lowest BCUT2D eigenvalue weighted by Gasteiger charge is -2.18. The minimum atomic E-state index is 0.548. The molecule has 0 aromatic carbocycles. The highest BCUT2D eigenvalue weighted by molar-refractivity contribution is 5.07. The highest BCUT2D eigenvalue weighted by Gasteiger charge is 2.17.